The summed E-state index contributed by atoms with van der Waals surface area (Å²) in [5.74, 6) is 3.22. The number of carbonyl (C=O) groups is 1. The number of carboxylic acid groups (broad SMARTS) is 1. The van der Waals surface area contributed by atoms with Gasteiger partial charge in [-0.05, 0) is 111 Å². The van der Waals surface area contributed by atoms with Crippen LogP contribution in [0, 0.1) is 46.3 Å². The molecule has 4 fully saturated rings. The largest absolute Gasteiger partial charge is 0.481 e. The Kier molecular flexibility index (Phi) is 8.65. The zero-order valence-electron chi connectivity index (χ0n) is 24.2. The standard InChI is InChI=1S/C29H52NO6P/c1-20(7-12-27(31)32)24-10-11-25-23-9-8-21-19-22(36-37(33,34)35-18-17-30(4,5)6)13-15-28(21,2)26(23)14-16-29(24,25)3/h20-26H,7-19H2,1-6H3,(H-,31,32,33,34)/p+1/t20-,21-,22-,23+,24-,25?,26?,28+,29-/m1/s1. The highest BCUT2D eigenvalue weighted by Gasteiger charge is 2.60. The van der Waals surface area contributed by atoms with Crippen molar-refractivity contribution in [2.24, 2.45) is 46.3 Å². The molecule has 37 heavy (non-hydrogen) atoms. The number of hydrogen-bond donors (Lipinski definition) is 2. The van der Waals surface area contributed by atoms with E-state index >= 15 is 0 Å². The number of likely N-dealkylation sites (N-methyl/N-ethyl adjacent to an activating group) is 1. The molecule has 0 aromatic heterocycles. The Labute approximate surface area is 224 Å². The van der Waals surface area contributed by atoms with Gasteiger partial charge in [0.25, 0.3) is 0 Å². The summed E-state index contributed by atoms with van der Waals surface area (Å²) in [5.41, 5.74) is 0.621. The van der Waals surface area contributed by atoms with Crippen molar-refractivity contribution in [2.75, 3.05) is 34.3 Å². The van der Waals surface area contributed by atoms with E-state index in [0.29, 0.717) is 34.2 Å². The molecule has 0 aromatic carbocycles. The van der Waals surface area contributed by atoms with Crippen LogP contribution in [0.3, 0.4) is 0 Å². The second kappa shape index (κ2) is 10.8. The lowest BCUT2D eigenvalue weighted by Gasteiger charge is -2.61. The second-order valence-electron chi connectivity index (χ2n) is 14.6. The number of phosphoric ester groups is 1. The van der Waals surface area contributed by atoms with E-state index in [2.05, 4.69) is 20.8 Å². The van der Waals surface area contributed by atoms with Crippen molar-refractivity contribution < 1.29 is 32.9 Å². The lowest BCUT2D eigenvalue weighted by atomic mass is 9.44. The number of phosphoric acid groups is 1. The van der Waals surface area contributed by atoms with E-state index in [1.807, 2.05) is 21.1 Å². The fourth-order valence-corrected chi connectivity index (χ4v) is 10.4. The van der Waals surface area contributed by atoms with Crippen LogP contribution in [-0.4, -0.2) is 60.9 Å². The Morgan fingerprint density at radius 1 is 1.03 bits per heavy atom. The van der Waals surface area contributed by atoms with Crippen LogP contribution >= 0.6 is 7.82 Å². The first kappa shape index (κ1) is 29.5. The van der Waals surface area contributed by atoms with Crippen LogP contribution in [-0.2, 0) is 18.4 Å². The van der Waals surface area contributed by atoms with Crippen molar-refractivity contribution in [1.29, 1.82) is 0 Å². The summed E-state index contributed by atoms with van der Waals surface area (Å²) in [6.07, 6.45) is 11.1. The molecule has 4 aliphatic rings. The summed E-state index contributed by atoms with van der Waals surface area (Å²) in [5, 5.41) is 9.20. The van der Waals surface area contributed by atoms with Gasteiger partial charge in [-0.25, -0.2) is 4.57 Å². The van der Waals surface area contributed by atoms with Crippen molar-refractivity contribution in [3.05, 3.63) is 0 Å². The van der Waals surface area contributed by atoms with E-state index < -0.39 is 13.8 Å². The number of aliphatic carboxylic acids is 1. The molecular formula is C29H53NO6P+. The molecule has 0 bridgehead atoms. The topological polar surface area (TPSA) is 93.1 Å². The molecule has 2 N–H and O–H groups in total. The summed E-state index contributed by atoms with van der Waals surface area (Å²) in [6, 6.07) is 0. The molecule has 214 valence electrons. The number of quaternary nitrogens is 1. The van der Waals surface area contributed by atoms with Gasteiger partial charge in [-0.1, -0.05) is 20.8 Å². The van der Waals surface area contributed by atoms with Crippen LogP contribution in [0.5, 0.6) is 0 Å². The molecule has 0 radical (unpaired) electrons. The second-order valence-corrected chi connectivity index (χ2v) is 16.0. The number of carboxylic acids is 1. The van der Waals surface area contributed by atoms with Gasteiger partial charge in [-0.15, -0.1) is 0 Å². The summed E-state index contributed by atoms with van der Waals surface area (Å²) < 4.78 is 24.4. The van der Waals surface area contributed by atoms with Gasteiger partial charge in [0.2, 0.25) is 0 Å². The van der Waals surface area contributed by atoms with Gasteiger partial charge in [-0.3, -0.25) is 13.8 Å². The van der Waals surface area contributed by atoms with Crippen LogP contribution in [0.4, 0.5) is 0 Å². The van der Waals surface area contributed by atoms with Crippen molar-refractivity contribution in [3.8, 4) is 0 Å². The molecule has 3 unspecified atom stereocenters. The summed E-state index contributed by atoms with van der Waals surface area (Å²) in [4.78, 5) is 21.5. The molecule has 4 rings (SSSR count). The Balaban J connectivity index is 1.37. The molecule has 0 saturated heterocycles. The van der Waals surface area contributed by atoms with Crippen LogP contribution in [0.1, 0.15) is 91.4 Å². The van der Waals surface area contributed by atoms with E-state index in [1.165, 1.54) is 38.5 Å². The molecular weight excluding hydrogens is 489 g/mol. The first-order valence-corrected chi connectivity index (χ1v) is 16.3. The van der Waals surface area contributed by atoms with Gasteiger partial charge < -0.3 is 14.5 Å². The van der Waals surface area contributed by atoms with E-state index in [9.17, 15) is 19.4 Å². The van der Waals surface area contributed by atoms with Crippen LogP contribution in [0.25, 0.3) is 0 Å². The van der Waals surface area contributed by atoms with E-state index in [-0.39, 0.29) is 24.5 Å². The molecule has 0 amide bonds. The Bertz CT molecular complexity index is 875. The van der Waals surface area contributed by atoms with Gasteiger partial charge in [0.1, 0.15) is 13.2 Å². The first-order chi connectivity index (χ1) is 17.1. The maximum Gasteiger partial charge on any atom is 0.472 e. The monoisotopic (exact) mass is 542 g/mol. The normalized spacial score (nSPS) is 42.2. The van der Waals surface area contributed by atoms with Crippen LogP contribution in [0.15, 0.2) is 0 Å². The fraction of sp³-hybridized carbons (Fsp3) is 0.966. The van der Waals surface area contributed by atoms with E-state index in [1.54, 1.807) is 0 Å². The molecule has 4 aliphatic carbocycles. The van der Waals surface area contributed by atoms with Gasteiger partial charge in [0.05, 0.1) is 27.2 Å². The minimum atomic E-state index is -4.04. The lowest BCUT2D eigenvalue weighted by Crippen LogP contribution is -2.54. The molecule has 8 heteroatoms. The van der Waals surface area contributed by atoms with Gasteiger partial charge in [-0.2, -0.15) is 0 Å². The zero-order chi connectivity index (χ0) is 27.2. The fourth-order valence-electron chi connectivity index (χ4n) is 9.49. The number of fused-ring (bicyclic) bond motifs is 5. The van der Waals surface area contributed by atoms with Crippen molar-refractivity contribution in [1.82, 2.24) is 0 Å². The van der Waals surface area contributed by atoms with E-state index in [0.717, 1.165) is 43.4 Å². The summed E-state index contributed by atoms with van der Waals surface area (Å²) in [6.45, 7) is 8.19. The Morgan fingerprint density at radius 2 is 1.70 bits per heavy atom. The van der Waals surface area contributed by atoms with E-state index in [4.69, 9.17) is 9.05 Å². The quantitative estimate of drug-likeness (QED) is 0.247. The average molecular weight is 543 g/mol. The molecule has 7 nitrogen and oxygen atoms in total. The zero-order valence-corrected chi connectivity index (χ0v) is 25.1. The first-order valence-electron chi connectivity index (χ1n) is 14.8. The highest BCUT2D eigenvalue weighted by atomic mass is 31.2. The smallest absolute Gasteiger partial charge is 0.472 e. The predicted molar refractivity (Wildman–Crippen MR) is 145 cm³/mol. The maximum absolute atomic E-state index is 12.6. The van der Waals surface area contributed by atoms with Crippen LogP contribution < -0.4 is 0 Å². The van der Waals surface area contributed by atoms with Gasteiger partial charge in [0, 0.05) is 6.42 Å². The highest BCUT2D eigenvalue weighted by molar-refractivity contribution is 7.47. The molecule has 0 aromatic rings. The molecule has 4 saturated carbocycles. The third-order valence-electron chi connectivity index (χ3n) is 11.5. The van der Waals surface area contributed by atoms with Gasteiger partial charge in [0.15, 0.2) is 0 Å². The maximum atomic E-state index is 12.6. The van der Waals surface area contributed by atoms with Crippen LogP contribution in [0.2, 0.25) is 0 Å². The lowest BCUT2D eigenvalue weighted by molar-refractivity contribution is -0.870. The molecule has 0 spiro atoms. The molecule has 0 heterocycles. The van der Waals surface area contributed by atoms with Crippen molar-refractivity contribution in [2.45, 2.75) is 97.5 Å². The Hall–Kier alpha value is -0.460. The average Bonchev–Trinajstić information content (AvgIpc) is 3.13. The van der Waals surface area contributed by atoms with Gasteiger partial charge >= 0.3 is 13.8 Å². The minimum absolute atomic E-state index is 0.200. The SMILES string of the molecule is C[C@H](CCC(=O)O)[C@H]1CCC2[C@@H]3CC[C@@H]4C[C@H](OP(=O)(O)OCC[N+](C)(C)C)CC[C@]4(C)C3CC[C@@]21C. The summed E-state index contributed by atoms with van der Waals surface area (Å²) >= 11 is 0. The highest BCUT2D eigenvalue weighted by Crippen LogP contribution is 2.68. The van der Waals surface area contributed by atoms with Crippen molar-refractivity contribution >= 4 is 13.8 Å². The number of nitrogens with zero attached hydrogens (tertiary/aromatic N) is 1. The third kappa shape index (κ3) is 6.32. The minimum Gasteiger partial charge on any atom is -0.481 e. The van der Waals surface area contributed by atoms with Crippen molar-refractivity contribution in [3.63, 3.8) is 0 Å². The third-order valence-corrected chi connectivity index (χ3v) is 12.6. The molecule has 10 atom stereocenters. The molecule has 0 aliphatic heterocycles. The summed E-state index contributed by atoms with van der Waals surface area (Å²) in [7, 11) is 2.05. The predicted octanol–water partition coefficient (Wildman–Crippen LogP) is 6.35. The number of rotatable bonds is 10. The Morgan fingerprint density at radius 3 is 2.38 bits per heavy atom. The number of hydrogen-bond acceptors (Lipinski definition) is 4.